The van der Waals surface area contributed by atoms with E-state index < -0.39 is 5.41 Å². The number of aryl methyl sites for hydroxylation is 1. The average molecular weight is 675 g/mol. The summed E-state index contributed by atoms with van der Waals surface area (Å²) in [5, 5.41) is 9.66. The van der Waals surface area contributed by atoms with Crippen molar-refractivity contribution in [2.75, 3.05) is 43.4 Å². The number of benzene rings is 2. The van der Waals surface area contributed by atoms with Crippen molar-refractivity contribution >= 4 is 40.0 Å². The molecule has 3 aliphatic heterocycles. The lowest BCUT2D eigenvalue weighted by atomic mass is 9.69. The number of piperidine rings is 2. The lowest BCUT2D eigenvalue weighted by Crippen LogP contribution is -2.61. The number of hydrogen-bond donors (Lipinski definition) is 4. The van der Waals surface area contributed by atoms with Crippen molar-refractivity contribution in [1.29, 1.82) is 0 Å². The Bertz CT molecular complexity index is 1970. The van der Waals surface area contributed by atoms with Gasteiger partial charge in [0.15, 0.2) is 5.82 Å². The summed E-state index contributed by atoms with van der Waals surface area (Å²) in [6, 6.07) is 15.0. The number of amides is 2. The van der Waals surface area contributed by atoms with Gasteiger partial charge in [0.2, 0.25) is 5.91 Å². The molecule has 2 saturated heterocycles. The van der Waals surface area contributed by atoms with Gasteiger partial charge in [0.1, 0.15) is 5.52 Å². The van der Waals surface area contributed by atoms with E-state index >= 15 is 0 Å². The molecule has 50 heavy (non-hydrogen) atoms. The van der Waals surface area contributed by atoms with Gasteiger partial charge in [0.05, 0.1) is 23.0 Å². The Morgan fingerprint density at radius 2 is 1.70 bits per heavy atom. The molecule has 0 radical (unpaired) electrons. The van der Waals surface area contributed by atoms with Gasteiger partial charge in [0, 0.05) is 54.7 Å². The Kier molecular flexibility index (Phi) is 7.84. The Labute approximate surface area is 294 Å². The van der Waals surface area contributed by atoms with Crippen molar-refractivity contribution in [1.82, 2.24) is 30.5 Å². The molecule has 10 heteroatoms. The third-order valence-corrected chi connectivity index (χ3v) is 11.7. The predicted octanol–water partition coefficient (Wildman–Crippen LogP) is 6.29. The molecule has 5 heterocycles. The number of hydrogen-bond acceptors (Lipinski definition) is 7. The van der Waals surface area contributed by atoms with Crippen LogP contribution in [-0.2, 0) is 10.2 Å². The summed E-state index contributed by atoms with van der Waals surface area (Å²) in [4.78, 5) is 45.0. The van der Waals surface area contributed by atoms with Crippen LogP contribution in [0.5, 0.6) is 0 Å². The molecule has 1 aliphatic carbocycles. The fourth-order valence-electron chi connectivity index (χ4n) is 9.73. The van der Waals surface area contributed by atoms with Crippen molar-refractivity contribution in [3.8, 4) is 11.3 Å². The second-order valence-corrected chi connectivity index (χ2v) is 16.8. The van der Waals surface area contributed by atoms with Crippen LogP contribution in [0.1, 0.15) is 81.3 Å². The zero-order valence-corrected chi connectivity index (χ0v) is 30.2. The summed E-state index contributed by atoms with van der Waals surface area (Å²) in [7, 11) is 1.64. The second kappa shape index (κ2) is 11.9. The first-order valence-electron chi connectivity index (χ1n) is 18.2. The molecule has 4 aromatic rings. The van der Waals surface area contributed by atoms with Gasteiger partial charge in [-0.15, -0.1) is 0 Å². The van der Waals surface area contributed by atoms with Crippen LogP contribution in [0.15, 0.2) is 48.8 Å². The minimum atomic E-state index is -0.472. The van der Waals surface area contributed by atoms with E-state index in [2.05, 4.69) is 81.6 Å². The molecule has 10 nitrogen and oxygen atoms in total. The first kappa shape index (κ1) is 32.9. The summed E-state index contributed by atoms with van der Waals surface area (Å²) in [5.74, 6) is 0.741. The number of carbonyl (C=O) groups excluding carboxylic acids is 2. The van der Waals surface area contributed by atoms with Crippen LogP contribution in [-0.4, -0.2) is 77.0 Å². The molecular formula is C40H50N8O2. The number of rotatable bonds is 6. The normalized spacial score (nSPS) is 23.9. The largest absolute Gasteiger partial charge is 0.355 e. The summed E-state index contributed by atoms with van der Waals surface area (Å²) >= 11 is 0. The first-order valence-corrected chi connectivity index (χ1v) is 18.2. The Morgan fingerprint density at radius 1 is 0.960 bits per heavy atom. The van der Waals surface area contributed by atoms with Crippen LogP contribution < -0.4 is 20.9 Å². The number of H-pyrrole nitrogens is 1. The van der Waals surface area contributed by atoms with E-state index in [-0.39, 0.29) is 17.9 Å². The van der Waals surface area contributed by atoms with Crippen LogP contribution in [0.25, 0.3) is 22.3 Å². The number of aromatic amines is 1. The molecule has 0 atom stereocenters. The summed E-state index contributed by atoms with van der Waals surface area (Å²) in [6.07, 6.45) is 6.57. The number of fused-ring (bicyclic) bond motifs is 3. The molecule has 262 valence electrons. The van der Waals surface area contributed by atoms with Crippen LogP contribution in [0.3, 0.4) is 0 Å². The van der Waals surface area contributed by atoms with Crippen molar-refractivity contribution < 1.29 is 9.59 Å². The smallest absolute Gasteiger partial charge is 0.251 e. The predicted molar refractivity (Wildman–Crippen MR) is 199 cm³/mol. The number of anilines is 3. The number of pyridine rings is 1. The van der Waals surface area contributed by atoms with Gasteiger partial charge < -0.3 is 25.8 Å². The molecule has 4 N–H and O–H groups in total. The van der Waals surface area contributed by atoms with Crippen LogP contribution in [0.4, 0.5) is 17.2 Å². The minimum Gasteiger partial charge on any atom is -0.355 e. The molecule has 1 spiro atoms. The quantitative estimate of drug-likeness (QED) is 0.190. The zero-order chi connectivity index (χ0) is 35.0. The highest BCUT2D eigenvalue weighted by atomic mass is 16.2. The maximum absolute atomic E-state index is 14.6. The summed E-state index contributed by atoms with van der Waals surface area (Å²) in [5.41, 5.74) is 7.89. The van der Waals surface area contributed by atoms with Gasteiger partial charge >= 0.3 is 0 Å². The van der Waals surface area contributed by atoms with Crippen LogP contribution >= 0.6 is 0 Å². The molecule has 4 aliphatic rings. The van der Waals surface area contributed by atoms with Crippen molar-refractivity contribution in [2.45, 2.75) is 84.2 Å². The highest BCUT2D eigenvalue weighted by Gasteiger charge is 2.55. The molecule has 3 fully saturated rings. The first-order chi connectivity index (χ1) is 23.9. The van der Waals surface area contributed by atoms with E-state index in [1.54, 1.807) is 13.4 Å². The zero-order valence-electron chi connectivity index (χ0n) is 30.2. The van der Waals surface area contributed by atoms with Gasteiger partial charge in [-0.2, -0.15) is 0 Å². The van der Waals surface area contributed by atoms with E-state index in [1.807, 2.05) is 31.2 Å². The standard InChI is InChI=1S/C40H50N8O2/c1-24-7-9-26(16-29(24)36(49)41-6)45-35-34-32(43-23-44-34)19-31(46-35)25-8-10-30-33(15-25)48(37(50)40(30)11-13-42-14-12-40)28-17-27(18-28)47-21-38(2,3)20-39(4,5)22-47/h7-10,15-16,19,23,27-28,42H,11-14,17-18,20-22H2,1-6H3,(H,41,49)(H,43,44)(H,45,46). The molecule has 0 unspecified atom stereocenters. The lowest BCUT2D eigenvalue weighted by Gasteiger charge is -2.54. The molecule has 2 amide bonds. The fraction of sp³-hybridized carbons (Fsp3) is 0.500. The van der Waals surface area contributed by atoms with Gasteiger partial charge in [-0.25, -0.2) is 9.97 Å². The Hall–Kier alpha value is -4.28. The monoisotopic (exact) mass is 674 g/mol. The van der Waals surface area contributed by atoms with Gasteiger partial charge in [-0.3, -0.25) is 14.5 Å². The van der Waals surface area contributed by atoms with Crippen LogP contribution in [0.2, 0.25) is 0 Å². The number of nitrogens with one attached hydrogen (secondary N) is 4. The van der Waals surface area contributed by atoms with Gasteiger partial charge in [-0.1, -0.05) is 45.9 Å². The van der Waals surface area contributed by atoms with E-state index in [4.69, 9.17) is 4.98 Å². The van der Waals surface area contributed by atoms with E-state index in [1.165, 1.54) is 12.0 Å². The second-order valence-electron chi connectivity index (χ2n) is 16.8. The maximum Gasteiger partial charge on any atom is 0.251 e. The third-order valence-electron chi connectivity index (χ3n) is 11.7. The molecule has 2 aromatic carbocycles. The number of nitrogens with zero attached hydrogens (tertiary/aromatic N) is 4. The van der Waals surface area contributed by atoms with E-state index in [0.29, 0.717) is 33.8 Å². The number of carbonyl (C=O) groups is 2. The molecule has 1 saturated carbocycles. The number of aromatic nitrogens is 3. The van der Waals surface area contributed by atoms with Crippen molar-refractivity contribution in [2.24, 2.45) is 10.8 Å². The summed E-state index contributed by atoms with van der Waals surface area (Å²) < 4.78 is 0. The Balaban J connectivity index is 1.13. The topological polar surface area (TPSA) is 118 Å². The fourth-order valence-corrected chi connectivity index (χ4v) is 9.73. The van der Waals surface area contributed by atoms with Crippen LogP contribution in [0, 0.1) is 17.8 Å². The molecule has 8 rings (SSSR count). The SMILES string of the molecule is CNC(=O)c1cc(Nc2nc(-c3ccc4c(c3)N(C3CC(N5CC(C)(C)CC(C)(C)C5)C3)C(=O)C43CCNCC3)cc3[nH]cnc23)ccc1C. The van der Waals surface area contributed by atoms with E-state index in [0.717, 1.165) is 85.6 Å². The minimum absolute atomic E-state index is 0.136. The van der Waals surface area contributed by atoms with Gasteiger partial charge in [0.25, 0.3) is 5.91 Å². The van der Waals surface area contributed by atoms with Crippen molar-refractivity contribution in [3.05, 3.63) is 65.5 Å². The highest BCUT2D eigenvalue weighted by molar-refractivity contribution is 6.09. The maximum atomic E-state index is 14.6. The number of likely N-dealkylation sites (tertiary alicyclic amines) is 1. The van der Waals surface area contributed by atoms with Crippen molar-refractivity contribution in [3.63, 3.8) is 0 Å². The average Bonchev–Trinajstić information content (AvgIpc) is 3.61. The molecule has 0 bridgehead atoms. The third kappa shape index (κ3) is 5.57. The number of imidazole rings is 1. The van der Waals surface area contributed by atoms with Gasteiger partial charge in [-0.05, 0) is 98.3 Å². The Morgan fingerprint density at radius 3 is 2.42 bits per heavy atom. The highest BCUT2D eigenvalue weighted by Crippen LogP contribution is 2.52. The lowest BCUT2D eigenvalue weighted by molar-refractivity contribution is -0.125. The molecular weight excluding hydrogens is 624 g/mol. The van der Waals surface area contributed by atoms with E-state index in [9.17, 15) is 9.59 Å². The summed E-state index contributed by atoms with van der Waals surface area (Å²) in [6.45, 7) is 15.5. The molecule has 2 aromatic heterocycles.